The summed E-state index contributed by atoms with van der Waals surface area (Å²) in [4.78, 5) is 17.8. The minimum atomic E-state index is -0.784. The molecule has 2 fully saturated rings. The Morgan fingerprint density at radius 3 is 3.20 bits per heavy atom. The van der Waals surface area contributed by atoms with Crippen LogP contribution in [0.1, 0.15) is 11.7 Å². The molecule has 0 aliphatic carbocycles. The van der Waals surface area contributed by atoms with E-state index in [1.807, 2.05) is 4.90 Å². The molecule has 2 aliphatic rings. The van der Waals surface area contributed by atoms with Crippen LogP contribution in [0.4, 0.5) is 0 Å². The molecule has 8 nitrogen and oxygen atoms in total. The zero-order valence-corrected chi connectivity index (χ0v) is 11.2. The fourth-order valence-corrected chi connectivity index (χ4v) is 3.00. The Bertz CT molecular complexity index is 505. The number of carboxylic acids is 1. The first-order chi connectivity index (χ1) is 9.64. The summed E-state index contributed by atoms with van der Waals surface area (Å²) >= 11 is 0. The lowest BCUT2D eigenvalue weighted by Crippen LogP contribution is -2.38. The van der Waals surface area contributed by atoms with Crippen LogP contribution < -0.4 is 0 Å². The quantitative estimate of drug-likeness (QED) is 0.790. The number of hydrogen-bond donors (Lipinski definition) is 1. The van der Waals surface area contributed by atoms with E-state index in [9.17, 15) is 9.90 Å². The molecule has 3 heterocycles. The molecule has 0 aromatic carbocycles. The third kappa shape index (κ3) is 2.19. The lowest BCUT2D eigenvalue weighted by molar-refractivity contribution is -0.149. The molecule has 0 saturated carbocycles. The van der Waals surface area contributed by atoms with Crippen LogP contribution in [0, 0.1) is 11.3 Å². The summed E-state index contributed by atoms with van der Waals surface area (Å²) in [5, 5.41) is 13.3. The minimum absolute atomic E-state index is 0.0290. The molecule has 2 saturated heterocycles. The van der Waals surface area contributed by atoms with Crippen LogP contribution in [0.3, 0.4) is 0 Å². The van der Waals surface area contributed by atoms with Gasteiger partial charge in [0.1, 0.15) is 12.0 Å². The van der Waals surface area contributed by atoms with Crippen LogP contribution in [0.5, 0.6) is 0 Å². The molecule has 0 bridgehead atoms. The average Bonchev–Trinajstić information content (AvgIpc) is 3.04. The van der Waals surface area contributed by atoms with Crippen LogP contribution in [0.2, 0.25) is 0 Å². The second-order valence-corrected chi connectivity index (χ2v) is 5.38. The number of carboxylic acid groups (broad SMARTS) is 1. The van der Waals surface area contributed by atoms with Crippen molar-refractivity contribution < 1.29 is 23.9 Å². The molecular weight excluding hydrogens is 266 g/mol. The minimum Gasteiger partial charge on any atom is -0.481 e. The smallest absolute Gasteiger partial charge is 0.313 e. The molecule has 1 aromatic heterocycles. The summed E-state index contributed by atoms with van der Waals surface area (Å²) in [6, 6.07) is 0. The second-order valence-electron chi connectivity index (χ2n) is 5.38. The van der Waals surface area contributed by atoms with Gasteiger partial charge in [0, 0.05) is 26.1 Å². The van der Waals surface area contributed by atoms with Gasteiger partial charge in [0.25, 0.3) is 0 Å². The van der Waals surface area contributed by atoms with E-state index in [0.29, 0.717) is 44.6 Å². The molecule has 1 N–H and O–H groups in total. The van der Waals surface area contributed by atoms with Gasteiger partial charge in [-0.15, -0.1) is 0 Å². The third-order valence-electron chi connectivity index (χ3n) is 4.01. The summed E-state index contributed by atoms with van der Waals surface area (Å²) in [7, 11) is 1.56. The number of hydrogen-bond acceptors (Lipinski definition) is 7. The van der Waals surface area contributed by atoms with Crippen LogP contribution in [-0.2, 0) is 27.4 Å². The molecule has 3 rings (SSSR count). The number of carbonyl (C=O) groups is 1. The van der Waals surface area contributed by atoms with Crippen molar-refractivity contribution in [3.63, 3.8) is 0 Å². The average molecular weight is 283 g/mol. The maximum atomic E-state index is 11.5. The van der Waals surface area contributed by atoms with Gasteiger partial charge in [-0.3, -0.25) is 9.69 Å². The molecule has 2 atom stereocenters. The summed E-state index contributed by atoms with van der Waals surface area (Å²) in [6.07, 6.45) is 0. The maximum absolute atomic E-state index is 11.5. The van der Waals surface area contributed by atoms with Crippen LogP contribution >= 0.6 is 0 Å². The summed E-state index contributed by atoms with van der Waals surface area (Å²) in [5.41, 5.74) is -0.782. The fourth-order valence-electron chi connectivity index (χ4n) is 3.00. The predicted molar refractivity (Wildman–Crippen MR) is 64.7 cm³/mol. The predicted octanol–water partition coefficient (Wildman–Crippen LogP) is -0.251. The lowest BCUT2D eigenvalue weighted by Gasteiger charge is -2.21. The highest BCUT2D eigenvalue weighted by molar-refractivity contribution is 5.76. The van der Waals surface area contributed by atoms with Crippen LogP contribution in [-0.4, -0.2) is 59.5 Å². The van der Waals surface area contributed by atoms with Crippen molar-refractivity contribution in [3.05, 3.63) is 11.7 Å². The van der Waals surface area contributed by atoms with Gasteiger partial charge in [-0.1, -0.05) is 5.16 Å². The van der Waals surface area contributed by atoms with Crippen molar-refractivity contribution >= 4 is 5.97 Å². The van der Waals surface area contributed by atoms with E-state index in [2.05, 4.69) is 10.1 Å². The Morgan fingerprint density at radius 2 is 2.50 bits per heavy atom. The number of aliphatic carboxylic acids is 1. The fraction of sp³-hybridized carbons (Fsp3) is 0.750. The van der Waals surface area contributed by atoms with Gasteiger partial charge < -0.3 is 19.1 Å². The summed E-state index contributed by atoms with van der Waals surface area (Å²) < 4.78 is 15.4. The number of likely N-dealkylation sites (tertiary alicyclic amines) is 1. The summed E-state index contributed by atoms with van der Waals surface area (Å²) in [6.45, 7) is 2.67. The monoisotopic (exact) mass is 283 g/mol. The SMILES string of the molecule is COCc1noc(CN2C[C@@H]3COC[C@]3(C(=O)O)C2)n1. The van der Waals surface area contributed by atoms with Crippen molar-refractivity contribution in [3.8, 4) is 0 Å². The van der Waals surface area contributed by atoms with Crippen molar-refractivity contribution in [1.29, 1.82) is 0 Å². The first kappa shape index (κ1) is 13.5. The Morgan fingerprint density at radius 1 is 1.65 bits per heavy atom. The second kappa shape index (κ2) is 5.12. The molecule has 2 aliphatic heterocycles. The summed E-state index contributed by atoms with van der Waals surface area (Å²) in [5.74, 6) is 0.228. The van der Waals surface area contributed by atoms with Crippen molar-refractivity contribution in [2.24, 2.45) is 11.3 Å². The highest BCUT2D eigenvalue weighted by Crippen LogP contribution is 2.41. The van der Waals surface area contributed by atoms with Gasteiger partial charge in [-0.05, 0) is 0 Å². The van der Waals surface area contributed by atoms with E-state index in [1.165, 1.54) is 0 Å². The third-order valence-corrected chi connectivity index (χ3v) is 4.01. The number of fused-ring (bicyclic) bond motifs is 1. The van der Waals surface area contributed by atoms with Gasteiger partial charge in [0.15, 0.2) is 5.82 Å². The van der Waals surface area contributed by atoms with Gasteiger partial charge in [0.2, 0.25) is 5.89 Å². The molecule has 0 radical (unpaired) electrons. The molecule has 8 heteroatoms. The standard InChI is InChI=1S/C12H17N3O5/c1-18-5-9-13-10(20-14-9)3-15-2-8-4-19-7-12(8,6-15)11(16)17/h8H,2-7H2,1H3,(H,16,17)/t8-,12-/m1/s1. The number of methoxy groups -OCH3 is 1. The Balaban J connectivity index is 1.66. The number of aromatic nitrogens is 2. The molecule has 0 amide bonds. The molecule has 1 aromatic rings. The molecule has 0 unspecified atom stereocenters. The highest BCUT2D eigenvalue weighted by Gasteiger charge is 2.56. The Hall–Kier alpha value is -1.51. The molecule has 20 heavy (non-hydrogen) atoms. The van der Waals surface area contributed by atoms with Gasteiger partial charge in [0.05, 0.1) is 19.8 Å². The molecular formula is C12H17N3O5. The van der Waals surface area contributed by atoms with Crippen LogP contribution in [0.15, 0.2) is 4.52 Å². The Labute approximate surface area is 115 Å². The van der Waals surface area contributed by atoms with E-state index in [1.54, 1.807) is 7.11 Å². The zero-order valence-electron chi connectivity index (χ0n) is 11.2. The zero-order chi connectivity index (χ0) is 14.2. The van der Waals surface area contributed by atoms with Crippen molar-refractivity contribution in [2.75, 3.05) is 33.4 Å². The topological polar surface area (TPSA) is 97.9 Å². The van der Waals surface area contributed by atoms with E-state index >= 15 is 0 Å². The highest BCUT2D eigenvalue weighted by atomic mass is 16.5. The van der Waals surface area contributed by atoms with E-state index < -0.39 is 11.4 Å². The van der Waals surface area contributed by atoms with E-state index in [-0.39, 0.29) is 12.5 Å². The first-order valence-corrected chi connectivity index (χ1v) is 6.48. The van der Waals surface area contributed by atoms with Crippen LogP contribution in [0.25, 0.3) is 0 Å². The van der Waals surface area contributed by atoms with E-state index in [4.69, 9.17) is 14.0 Å². The normalized spacial score (nSPS) is 29.8. The first-order valence-electron chi connectivity index (χ1n) is 6.48. The number of ether oxygens (including phenoxy) is 2. The van der Waals surface area contributed by atoms with Crippen molar-refractivity contribution in [1.82, 2.24) is 15.0 Å². The van der Waals surface area contributed by atoms with E-state index in [0.717, 1.165) is 0 Å². The number of rotatable bonds is 5. The number of nitrogens with zero attached hydrogens (tertiary/aromatic N) is 3. The maximum Gasteiger partial charge on any atom is 0.313 e. The lowest BCUT2D eigenvalue weighted by atomic mass is 9.81. The largest absolute Gasteiger partial charge is 0.481 e. The van der Waals surface area contributed by atoms with Gasteiger partial charge in [-0.2, -0.15) is 4.98 Å². The van der Waals surface area contributed by atoms with Gasteiger partial charge >= 0.3 is 5.97 Å². The van der Waals surface area contributed by atoms with Gasteiger partial charge in [-0.25, -0.2) is 0 Å². The molecule has 0 spiro atoms. The Kier molecular flexibility index (Phi) is 3.45. The molecule has 110 valence electrons. The van der Waals surface area contributed by atoms with Crippen molar-refractivity contribution in [2.45, 2.75) is 13.2 Å².